The largest absolute Gasteiger partial charge is 0.495 e. The normalized spacial score (nSPS) is 14.7. The quantitative estimate of drug-likeness (QED) is 0.500. The van der Waals surface area contributed by atoms with Crippen LogP contribution in [0.5, 0.6) is 5.75 Å². The number of fused-ring (bicyclic) bond motifs is 1. The maximum Gasteiger partial charge on any atom is 0.307 e. The number of carbonyl (C=O) groups is 1. The number of pyridine rings is 1. The Morgan fingerprint density at radius 3 is 2.69 bits per heavy atom. The molecule has 0 aliphatic carbocycles. The zero-order valence-corrected chi connectivity index (χ0v) is 19.6. The van der Waals surface area contributed by atoms with E-state index in [0.717, 1.165) is 60.9 Å². The van der Waals surface area contributed by atoms with Crippen LogP contribution < -0.4 is 9.64 Å². The van der Waals surface area contributed by atoms with Gasteiger partial charge in [-0.2, -0.15) is 0 Å². The molecule has 1 saturated heterocycles. The highest BCUT2D eigenvalue weighted by molar-refractivity contribution is 6.32. The van der Waals surface area contributed by atoms with E-state index in [1.807, 2.05) is 36.6 Å². The summed E-state index contributed by atoms with van der Waals surface area (Å²) in [5.74, 6) is 0.546. The summed E-state index contributed by atoms with van der Waals surface area (Å²) in [6.07, 6.45) is 4.53. The number of halogens is 1. The molecule has 2 aromatic heterocycles. The fourth-order valence-electron chi connectivity index (χ4n) is 4.10. The van der Waals surface area contributed by atoms with Crippen LogP contribution in [0.1, 0.15) is 18.9 Å². The van der Waals surface area contributed by atoms with Crippen LogP contribution in [0.2, 0.25) is 5.02 Å². The number of esters is 1. The van der Waals surface area contributed by atoms with Crippen molar-refractivity contribution in [1.82, 2.24) is 14.3 Å². The Morgan fingerprint density at radius 1 is 1.19 bits per heavy atom. The molecular weight excluding hydrogens is 428 g/mol. The predicted octanol–water partition coefficient (Wildman–Crippen LogP) is 4.05. The van der Waals surface area contributed by atoms with Crippen molar-refractivity contribution in [2.45, 2.75) is 20.3 Å². The van der Waals surface area contributed by atoms with Crippen molar-refractivity contribution in [2.75, 3.05) is 51.3 Å². The van der Waals surface area contributed by atoms with Crippen LogP contribution in [0.4, 0.5) is 5.69 Å². The minimum Gasteiger partial charge on any atom is -0.495 e. The van der Waals surface area contributed by atoms with Gasteiger partial charge in [0.25, 0.3) is 0 Å². The van der Waals surface area contributed by atoms with Gasteiger partial charge in [0.1, 0.15) is 11.4 Å². The molecule has 0 N–H and O–H groups in total. The van der Waals surface area contributed by atoms with Crippen LogP contribution in [0.3, 0.4) is 0 Å². The number of hydrogen-bond acceptors (Lipinski definition) is 6. The minimum atomic E-state index is -0.121. The second kappa shape index (κ2) is 9.79. The first-order valence-electron chi connectivity index (χ1n) is 10.9. The average Bonchev–Trinajstić information content (AvgIpc) is 3.22. The van der Waals surface area contributed by atoms with Gasteiger partial charge in [0, 0.05) is 62.4 Å². The number of aromatic nitrogens is 2. The number of rotatable bonds is 7. The molecule has 4 rings (SSSR count). The Labute approximate surface area is 193 Å². The summed E-state index contributed by atoms with van der Waals surface area (Å²) in [7, 11) is 1.62. The van der Waals surface area contributed by atoms with Crippen molar-refractivity contribution in [1.29, 1.82) is 0 Å². The number of piperazine rings is 1. The molecule has 7 nitrogen and oxygen atoms in total. The molecule has 0 spiro atoms. The van der Waals surface area contributed by atoms with E-state index in [1.54, 1.807) is 7.11 Å². The number of carbonyl (C=O) groups excluding carboxylic acids is 1. The van der Waals surface area contributed by atoms with Gasteiger partial charge >= 0.3 is 5.97 Å². The van der Waals surface area contributed by atoms with Gasteiger partial charge in [-0.25, -0.2) is 4.98 Å². The number of nitrogens with zero attached hydrogens (tertiary/aromatic N) is 4. The van der Waals surface area contributed by atoms with Crippen molar-refractivity contribution in [2.24, 2.45) is 0 Å². The first-order chi connectivity index (χ1) is 15.5. The molecule has 0 bridgehead atoms. The molecule has 0 unspecified atom stereocenters. The Hall–Kier alpha value is -2.77. The number of methoxy groups -OCH3 is 1. The van der Waals surface area contributed by atoms with E-state index >= 15 is 0 Å². The summed E-state index contributed by atoms with van der Waals surface area (Å²) in [6, 6.07) is 8.10. The van der Waals surface area contributed by atoms with Gasteiger partial charge in [-0.15, -0.1) is 0 Å². The third-order valence-corrected chi connectivity index (χ3v) is 6.19. The molecule has 1 aliphatic rings. The summed E-state index contributed by atoms with van der Waals surface area (Å²) in [5.41, 5.74) is 5.00. The van der Waals surface area contributed by atoms with Gasteiger partial charge in [0.05, 0.1) is 30.9 Å². The maximum absolute atomic E-state index is 11.6. The van der Waals surface area contributed by atoms with E-state index in [-0.39, 0.29) is 5.97 Å². The van der Waals surface area contributed by atoms with Gasteiger partial charge in [0.2, 0.25) is 0 Å². The number of ether oxygens (including phenoxy) is 2. The molecule has 0 amide bonds. The Kier molecular flexibility index (Phi) is 6.86. The van der Waals surface area contributed by atoms with E-state index in [0.29, 0.717) is 23.8 Å². The van der Waals surface area contributed by atoms with E-state index in [9.17, 15) is 4.79 Å². The second-order valence-corrected chi connectivity index (χ2v) is 8.37. The van der Waals surface area contributed by atoms with Gasteiger partial charge < -0.3 is 18.8 Å². The first-order valence-corrected chi connectivity index (χ1v) is 11.3. The molecule has 1 fully saturated rings. The van der Waals surface area contributed by atoms with Gasteiger partial charge in [-0.1, -0.05) is 11.6 Å². The van der Waals surface area contributed by atoms with E-state index in [4.69, 9.17) is 26.1 Å². The molecule has 1 aliphatic heterocycles. The number of hydrogen-bond donors (Lipinski definition) is 0. The molecule has 1 aromatic carbocycles. The number of anilines is 1. The monoisotopic (exact) mass is 456 g/mol. The van der Waals surface area contributed by atoms with E-state index in [1.165, 1.54) is 0 Å². The van der Waals surface area contributed by atoms with Crippen LogP contribution in [0, 0.1) is 6.92 Å². The van der Waals surface area contributed by atoms with Gasteiger partial charge in [-0.05, 0) is 37.6 Å². The second-order valence-electron chi connectivity index (χ2n) is 7.96. The van der Waals surface area contributed by atoms with Crippen molar-refractivity contribution in [3.8, 4) is 17.0 Å². The van der Waals surface area contributed by atoms with Crippen molar-refractivity contribution in [3.63, 3.8) is 0 Å². The van der Waals surface area contributed by atoms with Crippen LogP contribution >= 0.6 is 11.6 Å². The summed E-state index contributed by atoms with van der Waals surface area (Å²) in [4.78, 5) is 21.1. The van der Waals surface area contributed by atoms with Crippen molar-refractivity contribution in [3.05, 3.63) is 47.2 Å². The summed E-state index contributed by atoms with van der Waals surface area (Å²) < 4.78 is 12.4. The standard InChI is InChI=1S/C24H29ClN4O3/c1-4-32-24(30)6-7-27-9-11-28(12-10-27)18-5-8-29-16-21(26-23(29)14-18)19-15-20(25)22(31-3)13-17(19)2/h5,8,13-16H,4,6-7,9-12H2,1-3H3. The van der Waals surface area contributed by atoms with Gasteiger partial charge in [0.15, 0.2) is 0 Å². The highest BCUT2D eigenvalue weighted by Crippen LogP contribution is 2.33. The molecule has 0 saturated carbocycles. The fraction of sp³-hybridized carbons (Fsp3) is 0.417. The van der Waals surface area contributed by atoms with E-state index < -0.39 is 0 Å². The molecule has 32 heavy (non-hydrogen) atoms. The summed E-state index contributed by atoms with van der Waals surface area (Å²) in [6.45, 7) is 8.74. The third-order valence-electron chi connectivity index (χ3n) is 5.89. The number of aryl methyl sites for hydroxylation is 1. The zero-order valence-electron chi connectivity index (χ0n) is 18.8. The zero-order chi connectivity index (χ0) is 22.7. The average molecular weight is 457 g/mol. The number of benzene rings is 1. The Balaban J connectivity index is 1.45. The van der Waals surface area contributed by atoms with Crippen LogP contribution in [-0.2, 0) is 9.53 Å². The van der Waals surface area contributed by atoms with E-state index in [2.05, 4.69) is 28.1 Å². The lowest BCUT2D eigenvalue weighted by molar-refractivity contribution is -0.143. The highest BCUT2D eigenvalue weighted by Gasteiger charge is 2.19. The van der Waals surface area contributed by atoms with Crippen molar-refractivity contribution >= 4 is 28.9 Å². The predicted molar refractivity (Wildman–Crippen MR) is 127 cm³/mol. The molecule has 3 aromatic rings. The SMILES string of the molecule is CCOC(=O)CCN1CCN(c2ccn3cc(-c4cc(Cl)c(OC)cc4C)nc3c2)CC1. The first kappa shape index (κ1) is 22.4. The number of imidazole rings is 1. The minimum absolute atomic E-state index is 0.121. The smallest absolute Gasteiger partial charge is 0.307 e. The summed E-state index contributed by atoms with van der Waals surface area (Å²) >= 11 is 6.35. The van der Waals surface area contributed by atoms with Crippen LogP contribution in [0.15, 0.2) is 36.7 Å². The molecule has 0 atom stereocenters. The van der Waals surface area contributed by atoms with Crippen LogP contribution in [0.25, 0.3) is 16.9 Å². The lowest BCUT2D eigenvalue weighted by Gasteiger charge is -2.35. The molecule has 170 valence electrons. The lowest BCUT2D eigenvalue weighted by Crippen LogP contribution is -2.47. The Bertz CT molecular complexity index is 1110. The third kappa shape index (κ3) is 4.84. The van der Waals surface area contributed by atoms with Crippen molar-refractivity contribution < 1.29 is 14.3 Å². The maximum atomic E-state index is 11.6. The van der Waals surface area contributed by atoms with Gasteiger partial charge in [-0.3, -0.25) is 9.69 Å². The topological polar surface area (TPSA) is 59.3 Å². The van der Waals surface area contributed by atoms with Crippen LogP contribution in [-0.4, -0.2) is 66.7 Å². The molecule has 0 radical (unpaired) electrons. The summed E-state index contributed by atoms with van der Waals surface area (Å²) in [5, 5.41) is 0.576. The molecular formula is C24H29ClN4O3. The molecule has 8 heteroatoms. The Morgan fingerprint density at radius 2 is 1.97 bits per heavy atom. The lowest BCUT2D eigenvalue weighted by atomic mass is 10.1. The molecule has 3 heterocycles. The fourth-order valence-corrected chi connectivity index (χ4v) is 4.34. The highest BCUT2D eigenvalue weighted by atomic mass is 35.5.